The molecule has 0 unspecified atom stereocenters. The van der Waals surface area contributed by atoms with Crippen LogP contribution in [0.4, 0.5) is 11.4 Å². The summed E-state index contributed by atoms with van der Waals surface area (Å²) in [5.74, 6) is -0.498. The van der Waals surface area contributed by atoms with E-state index in [1.165, 1.54) is 18.3 Å². The standard InChI is InChI=1S/C14H15N3O4/c1-4-21-14(18)11-8-15-12-6-5-9(17(19)20)7-10(12)13(11)16(2)3/h5-8H,4H2,1-3H3. The lowest BCUT2D eigenvalue weighted by Gasteiger charge is -2.18. The van der Waals surface area contributed by atoms with Crippen LogP contribution in [0.25, 0.3) is 10.9 Å². The third-order valence-electron chi connectivity index (χ3n) is 2.98. The molecule has 0 aliphatic rings. The van der Waals surface area contributed by atoms with Gasteiger partial charge in [0, 0.05) is 37.8 Å². The first-order valence-electron chi connectivity index (χ1n) is 6.37. The summed E-state index contributed by atoms with van der Waals surface area (Å²) >= 11 is 0. The van der Waals surface area contributed by atoms with Crippen molar-refractivity contribution < 1.29 is 14.5 Å². The van der Waals surface area contributed by atoms with Crippen molar-refractivity contribution in [1.82, 2.24) is 4.98 Å². The minimum atomic E-state index is -0.498. The van der Waals surface area contributed by atoms with Crippen LogP contribution >= 0.6 is 0 Å². The molecule has 0 aliphatic heterocycles. The summed E-state index contributed by atoms with van der Waals surface area (Å²) in [6.45, 7) is 1.96. The fourth-order valence-electron chi connectivity index (χ4n) is 2.12. The van der Waals surface area contributed by atoms with Gasteiger partial charge in [-0.05, 0) is 13.0 Å². The van der Waals surface area contributed by atoms with E-state index in [4.69, 9.17) is 4.74 Å². The van der Waals surface area contributed by atoms with E-state index >= 15 is 0 Å². The highest BCUT2D eigenvalue weighted by Gasteiger charge is 2.19. The maximum Gasteiger partial charge on any atom is 0.341 e. The average molecular weight is 289 g/mol. The number of nitro benzene ring substituents is 1. The Morgan fingerprint density at radius 3 is 2.71 bits per heavy atom. The van der Waals surface area contributed by atoms with Gasteiger partial charge in [0.1, 0.15) is 5.56 Å². The van der Waals surface area contributed by atoms with E-state index in [1.54, 1.807) is 32.0 Å². The van der Waals surface area contributed by atoms with Crippen molar-refractivity contribution in [3.63, 3.8) is 0 Å². The molecule has 21 heavy (non-hydrogen) atoms. The van der Waals surface area contributed by atoms with Crippen LogP contribution in [0.1, 0.15) is 17.3 Å². The van der Waals surface area contributed by atoms with Crippen molar-refractivity contribution in [1.29, 1.82) is 0 Å². The maximum atomic E-state index is 12.0. The molecule has 0 amide bonds. The molecule has 0 spiro atoms. The van der Waals surface area contributed by atoms with Gasteiger partial charge in [0.15, 0.2) is 0 Å². The number of rotatable bonds is 4. The number of aromatic nitrogens is 1. The van der Waals surface area contributed by atoms with Gasteiger partial charge in [-0.2, -0.15) is 0 Å². The summed E-state index contributed by atoms with van der Waals surface area (Å²) in [4.78, 5) is 28.4. The Morgan fingerprint density at radius 1 is 1.43 bits per heavy atom. The van der Waals surface area contributed by atoms with Crippen molar-refractivity contribution in [3.05, 3.63) is 40.1 Å². The first-order valence-corrected chi connectivity index (χ1v) is 6.37. The molecule has 0 atom stereocenters. The molecule has 7 heteroatoms. The minimum absolute atomic E-state index is 0.0478. The molecular formula is C14H15N3O4. The van der Waals surface area contributed by atoms with Crippen LogP contribution in [0.15, 0.2) is 24.4 Å². The molecule has 0 bridgehead atoms. The number of carbonyl (C=O) groups is 1. The van der Waals surface area contributed by atoms with Crippen LogP contribution in [-0.2, 0) is 4.74 Å². The second-order valence-corrected chi connectivity index (χ2v) is 4.59. The van der Waals surface area contributed by atoms with Crippen molar-refractivity contribution >= 4 is 28.2 Å². The Kier molecular flexibility index (Phi) is 4.02. The monoisotopic (exact) mass is 289 g/mol. The van der Waals surface area contributed by atoms with Gasteiger partial charge in [0.25, 0.3) is 5.69 Å². The van der Waals surface area contributed by atoms with Crippen LogP contribution in [0.2, 0.25) is 0 Å². The number of hydrogen-bond acceptors (Lipinski definition) is 6. The Labute approximate surface area is 121 Å². The minimum Gasteiger partial charge on any atom is -0.462 e. The third-order valence-corrected chi connectivity index (χ3v) is 2.98. The third kappa shape index (κ3) is 2.76. The fraction of sp³-hybridized carbons (Fsp3) is 0.286. The Morgan fingerprint density at radius 2 is 2.14 bits per heavy atom. The SMILES string of the molecule is CCOC(=O)c1cnc2ccc([N+](=O)[O-])cc2c1N(C)C. The number of hydrogen-bond donors (Lipinski definition) is 0. The van der Waals surface area contributed by atoms with Crippen molar-refractivity contribution in [2.24, 2.45) is 0 Å². The zero-order chi connectivity index (χ0) is 15.6. The number of fused-ring (bicyclic) bond motifs is 1. The molecule has 1 aromatic carbocycles. The smallest absolute Gasteiger partial charge is 0.341 e. The molecule has 2 aromatic rings. The van der Waals surface area contributed by atoms with E-state index in [0.717, 1.165) is 0 Å². The Bertz CT molecular complexity index is 713. The van der Waals surface area contributed by atoms with Gasteiger partial charge in [0.2, 0.25) is 0 Å². The second kappa shape index (κ2) is 5.74. The first-order chi connectivity index (χ1) is 9.95. The topological polar surface area (TPSA) is 85.6 Å². The Balaban J connectivity index is 2.74. The number of anilines is 1. The summed E-state index contributed by atoms with van der Waals surface area (Å²) in [6.07, 6.45) is 1.43. The summed E-state index contributed by atoms with van der Waals surface area (Å²) in [5.41, 5.74) is 1.38. The van der Waals surface area contributed by atoms with Crippen LogP contribution in [-0.4, -0.2) is 36.6 Å². The van der Waals surface area contributed by atoms with Crippen LogP contribution in [0.5, 0.6) is 0 Å². The highest BCUT2D eigenvalue weighted by Crippen LogP contribution is 2.31. The summed E-state index contributed by atoms with van der Waals surface area (Å²) < 4.78 is 5.01. The van der Waals surface area contributed by atoms with Gasteiger partial charge >= 0.3 is 5.97 Å². The van der Waals surface area contributed by atoms with Crippen molar-refractivity contribution in [3.8, 4) is 0 Å². The molecule has 0 N–H and O–H groups in total. The lowest BCUT2D eigenvalue weighted by Crippen LogP contribution is -2.16. The lowest BCUT2D eigenvalue weighted by molar-refractivity contribution is -0.384. The van der Waals surface area contributed by atoms with Gasteiger partial charge in [-0.25, -0.2) is 4.79 Å². The largest absolute Gasteiger partial charge is 0.462 e. The van der Waals surface area contributed by atoms with Gasteiger partial charge in [-0.3, -0.25) is 15.1 Å². The molecule has 1 aromatic heterocycles. The number of non-ortho nitro benzene ring substituents is 1. The normalized spacial score (nSPS) is 10.4. The molecule has 2 rings (SSSR count). The van der Waals surface area contributed by atoms with E-state index < -0.39 is 10.9 Å². The molecule has 110 valence electrons. The summed E-state index contributed by atoms with van der Waals surface area (Å²) in [5, 5.41) is 11.5. The number of pyridine rings is 1. The molecule has 0 saturated carbocycles. The highest BCUT2D eigenvalue weighted by atomic mass is 16.6. The zero-order valence-corrected chi connectivity index (χ0v) is 12.0. The summed E-state index contributed by atoms with van der Waals surface area (Å²) in [6, 6.07) is 4.37. The van der Waals surface area contributed by atoms with E-state index in [2.05, 4.69) is 4.98 Å². The van der Waals surface area contributed by atoms with E-state index in [1.807, 2.05) is 0 Å². The average Bonchev–Trinajstić information content (AvgIpc) is 2.45. The van der Waals surface area contributed by atoms with Gasteiger partial charge in [0.05, 0.1) is 22.7 Å². The number of esters is 1. The van der Waals surface area contributed by atoms with E-state index in [-0.39, 0.29) is 17.9 Å². The molecular weight excluding hydrogens is 274 g/mol. The fourth-order valence-corrected chi connectivity index (χ4v) is 2.12. The van der Waals surface area contributed by atoms with Crippen LogP contribution < -0.4 is 4.90 Å². The number of ether oxygens (including phenoxy) is 1. The Hall–Kier alpha value is -2.70. The molecule has 7 nitrogen and oxygen atoms in total. The van der Waals surface area contributed by atoms with E-state index in [9.17, 15) is 14.9 Å². The number of nitrogens with zero attached hydrogens (tertiary/aromatic N) is 3. The highest BCUT2D eigenvalue weighted by molar-refractivity contribution is 6.05. The predicted molar refractivity (Wildman–Crippen MR) is 78.7 cm³/mol. The predicted octanol–water partition coefficient (Wildman–Crippen LogP) is 2.39. The second-order valence-electron chi connectivity index (χ2n) is 4.59. The number of benzene rings is 1. The number of carbonyl (C=O) groups excluding carboxylic acids is 1. The lowest BCUT2D eigenvalue weighted by atomic mass is 10.1. The van der Waals surface area contributed by atoms with Crippen LogP contribution in [0.3, 0.4) is 0 Å². The molecule has 1 heterocycles. The number of nitro groups is 1. The molecule has 0 fully saturated rings. The molecule has 0 radical (unpaired) electrons. The quantitative estimate of drug-likeness (QED) is 0.488. The summed E-state index contributed by atoms with van der Waals surface area (Å²) in [7, 11) is 3.52. The van der Waals surface area contributed by atoms with E-state index in [0.29, 0.717) is 16.6 Å². The first kappa shape index (κ1) is 14.7. The van der Waals surface area contributed by atoms with Crippen molar-refractivity contribution in [2.75, 3.05) is 25.6 Å². The van der Waals surface area contributed by atoms with Gasteiger partial charge < -0.3 is 9.64 Å². The van der Waals surface area contributed by atoms with Gasteiger partial charge in [-0.15, -0.1) is 0 Å². The molecule has 0 aliphatic carbocycles. The zero-order valence-electron chi connectivity index (χ0n) is 12.0. The van der Waals surface area contributed by atoms with Crippen LogP contribution in [0, 0.1) is 10.1 Å². The van der Waals surface area contributed by atoms with Gasteiger partial charge in [-0.1, -0.05) is 0 Å². The van der Waals surface area contributed by atoms with Crippen molar-refractivity contribution in [2.45, 2.75) is 6.92 Å². The maximum absolute atomic E-state index is 12.0. The molecule has 0 saturated heterocycles.